The van der Waals surface area contributed by atoms with E-state index in [1.165, 1.54) is 24.1 Å². The lowest BCUT2D eigenvalue weighted by atomic mass is 9.96. The fraction of sp³-hybridized carbons (Fsp3) is 0.500. The Hall–Kier alpha value is -1.42. The average molecular weight is 216 g/mol. The van der Waals surface area contributed by atoms with Crippen LogP contribution in [0, 0.1) is 0 Å². The van der Waals surface area contributed by atoms with Gasteiger partial charge in [-0.05, 0) is 43.9 Å². The van der Waals surface area contributed by atoms with Crippen LogP contribution < -0.4 is 5.73 Å². The van der Waals surface area contributed by atoms with E-state index in [9.17, 15) is 0 Å². The summed E-state index contributed by atoms with van der Waals surface area (Å²) in [6, 6.07) is 2.25. The standard InChI is InChI=1S/C12H16N4/c13-6-5-11-12-7-9-3-1-2-4-10(9)15-16(12)8-14-11/h7-8H,1-6,13H2. The van der Waals surface area contributed by atoms with Gasteiger partial charge in [0.15, 0.2) is 0 Å². The molecular weight excluding hydrogens is 200 g/mol. The van der Waals surface area contributed by atoms with Crippen LogP contribution in [0.1, 0.15) is 29.8 Å². The van der Waals surface area contributed by atoms with E-state index in [1.54, 1.807) is 6.33 Å². The molecule has 2 aromatic rings. The molecule has 0 amide bonds. The second-order valence-electron chi connectivity index (χ2n) is 4.38. The Morgan fingerprint density at radius 2 is 2.19 bits per heavy atom. The first-order valence-corrected chi connectivity index (χ1v) is 5.93. The van der Waals surface area contributed by atoms with Crippen molar-refractivity contribution in [3.63, 3.8) is 0 Å². The molecule has 0 atom stereocenters. The van der Waals surface area contributed by atoms with Crippen molar-refractivity contribution in [2.24, 2.45) is 5.73 Å². The summed E-state index contributed by atoms with van der Waals surface area (Å²) in [4.78, 5) is 4.38. The third-order valence-electron chi connectivity index (χ3n) is 3.27. The van der Waals surface area contributed by atoms with Gasteiger partial charge in [0.1, 0.15) is 6.33 Å². The van der Waals surface area contributed by atoms with Gasteiger partial charge < -0.3 is 5.73 Å². The number of nitrogens with zero attached hydrogens (tertiary/aromatic N) is 3. The molecule has 4 heteroatoms. The highest BCUT2D eigenvalue weighted by Crippen LogP contribution is 2.21. The van der Waals surface area contributed by atoms with Gasteiger partial charge >= 0.3 is 0 Å². The minimum absolute atomic E-state index is 0.643. The molecule has 1 aliphatic carbocycles. The number of rotatable bonds is 2. The number of aryl methyl sites for hydroxylation is 2. The van der Waals surface area contributed by atoms with Crippen molar-refractivity contribution in [2.75, 3.05) is 6.54 Å². The third kappa shape index (κ3) is 1.50. The first-order valence-electron chi connectivity index (χ1n) is 5.93. The number of fused-ring (bicyclic) bond motifs is 2. The van der Waals surface area contributed by atoms with Crippen LogP contribution in [0.2, 0.25) is 0 Å². The van der Waals surface area contributed by atoms with Crippen molar-refractivity contribution in [3.05, 3.63) is 29.3 Å². The summed E-state index contributed by atoms with van der Waals surface area (Å²) in [5, 5.41) is 4.63. The lowest BCUT2D eigenvalue weighted by molar-refractivity contribution is 0.649. The summed E-state index contributed by atoms with van der Waals surface area (Å²) in [5.41, 5.74) is 10.4. The van der Waals surface area contributed by atoms with E-state index in [1.807, 2.05) is 4.52 Å². The van der Waals surface area contributed by atoms with Crippen molar-refractivity contribution < 1.29 is 0 Å². The van der Waals surface area contributed by atoms with Crippen molar-refractivity contribution in [2.45, 2.75) is 32.1 Å². The van der Waals surface area contributed by atoms with E-state index in [-0.39, 0.29) is 0 Å². The Labute approximate surface area is 94.5 Å². The molecule has 0 aromatic carbocycles. The normalized spacial score (nSPS) is 15.3. The zero-order valence-corrected chi connectivity index (χ0v) is 9.32. The largest absolute Gasteiger partial charge is 0.330 e. The highest BCUT2D eigenvalue weighted by Gasteiger charge is 2.14. The Morgan fingerprint density at radius 3 is 3.06 bits per heavy atom. The third-order valence-corrected chi connectivity index (χ3v) is 3.27. The molecule has 0 radical (unpaired) electrons. The summed E-state index contributed by atoms with van der Waals surface area (Å²) in [7, 11) is 0. The van der Waals surface area contributed by atoms with Crippen LogP contribution in [0.3, 0.4) is 0 Å². The maximum Gasteiger partial charge on any atom is 0.118 e. The van der Waals surface area contributed by atoms with Crippen molar-refractivity contribution >= 4 is 5.52 Å². The van der Waals surface area contributed by atoms with Gasteiger partial charge in [-0.15, -0.1) is 0 Å². The molecule has 0 spiro atoms. The van der Waals surface area contributed by atoms with E-state index >= 15 is 0 Å². The SMILES string of the molecule is NCCc1ncn2nc3c(cc12)CCCC3. The second kappa shape index (κ2) is 3.87. The monoisotopic (exact) mass is 216 g/mol. The van der Waals surface area contributed by atoms with Crippen molar-refractivity contribution in [3.8, 4) is 0 Å². The smallest absolute Gasteiger partial charge is 0.118 e. The summed E-state index contributed by atoms with van der Waals surface area (Å²) in [6.45, 7) is 0.643. The number of hydrogen-bond donors (Lipinski definition) is 1. The van der Waals surface area contributed by atoms with Crippen LogP contribution in [0.25, 0.3) is 5.52 Å². The van der Waals surface area contributed by atoms with Crippen LogP contribution in [0.5, 0.6) is 0 Å². The van der Waals surface area contributed by atoms with Crippen LogP contribution in [0.15, 0.2) is 12.4 Å². The van der Waals surface area contributed by atoms with Crippen LogP contribution in [-0.4, -0.2) is 21.1 Å². The molecule has 0 fully saturated rings. The molecular formula is C12H16N4. The van der Waals surface area contributed by atoms with Crippen LogP contribution in [-0.2, 0) is 19.3 Å². The van der Waals surface area contributed by atoms with Crippen LogP contribution in [0.4, 0.5) is 0 Å². The molecule has 0 aliphatic heterocycles. The number of aromatic nitrogens is 3. The lowest BCUT2D eigenvalue weighted by Gasteiger charge is -2.14. The predicted molar refractivity (Wildman–Crippen MR) is 62.4 cm³/mol. The van der Waals surface area contributed by atoms with Gasteiger partial charge in [-0.3, -0.25) is 0 Å². The summed E-state index contributed by atoms with van der Waals surface area (Å²) < 4.78 is 1.90. The molecule has 1 aliphatic rings. The molecule has 84 valence electrons. The van der Waals surface area contributed by atoms with Crippen molar-refractivity contribution in [1.29, 1.82) is 0 Å². The Kier molecular flexibility index (Phi) is 2.36. The van der Waals surface area contributed by atoms with E-state index in [4.69, 9.17) is 5.73 Å². The van der Waals surface area contributed by atoms with E-state index in [2.05, 4.69) is 16.1 Å². The highest BCUT2D eigenvalue weighted by atomic mass is 15.2. The summed E-state index contributed by atoms with van der Waals surface area (Å²) in [6.07, 6.45) is 7.44. The molecule has 2 N–H and O–H groups in total. The topological polar surface area (TPSA) is 56.2 Å². The first-order chi connectivity index (χ1) is 7.88. The zero-order chi connectivity index (χ0) is 11.0. The molecule has 4 nitrogen and oxygen atoms in total. The Balaban J connectivity index is 2.14. The fourth-order valence-electron chi connectivity index (χ4n) is 2.42. The quantitative estimate of drug-likeness (QED) is 0.818. The van der Waals surface area contributed by atoms with E-state index < -0.39 is 0 Å². The molecule has 2 aromatic heterocycles. The maximum atomic E-state index is 5.58. The lowest BCUT2D eigenvalue weighted by Crippen LogP contribution is -2.09. The van der Waals surface area contributed by atoms with Gasteiger partial charge in [-0.1, -0.05) is 0 Å². The van der Waals surface area contributed by atoms with Gasteiger partial charge in [-0.25, -0.2) is 9.50 Å². The van der Waals surface area contributed by atoms with Gasteiger partial charge in [0.2, 0.25) is 0 Å². The molecule has 0 bridgehead atoms. The van der Waals surface area contributed by atoms with Gasteiger partial charge in [0.05, 0.1) is 16.9 Å². The Morgan fingerprint density at radius 1 is 1.31 bits per heavy atom. The predicted octanol–water partition coefficient (Wildman–Crippen LogP) is 1.11. The summed E-state index contributed by atoms with van der Waals surface area (Å²) >= 11 is 0. The van der Waals surface area contributed by atoms with Crippen LogP contribution >= 0.6 is 0 Å². The average Bonchev–Trinajstić information content (AvgIpc) is 2.70. The minimum atomic E-state index is 0.643. The maximum absolute atomic E-state index is 5.58. The molecule has 2 heterocycles. The van der Waals surface area contributed by atoms with Gasteiger partial charge in [0.25, 0.3) is 0 Å². The molecule has 0 saturated heterocycles. The van der Waals surface area contributed by atoms with E-state index in [0.29, 0.717) is 6.54 Å². The second-order valence-corrected chi connectivity index (χ2v) is 4.38. The Bertz CT molecular complexity index is 515. The molecule has 16 heavy (non-hydrogen) atoms. The van der Waals surface area contributed by atoms with E-state index in [0.717, 1.165) is 30.5 Å². The fourth-order valence-corrected chi connectivity index (χ4v) is 2.42. The summed E-state index contributed by atoms with van der Waals surface area (Å²) in [5.74, 6) is 0. The minimum Gasteiger partial charge on any atom is -0.330 e. The highest BCUT2D eigenvalue weighted by molar-refractivity contribution is 5.54. The molecule has 0 unspecified atom stereocenters. The molecule has 0 saturated carbocycles. The first kappa shape index (κ1) is 9.78. The van der Waals surface area contributed by atoms with Gasteiger partial charge in [0, 0.05) is 6.42 Å². The zero-order valence-electron chi connectivity index (χ0n) is 9.32. The number of imidazole rings is 1. The van der Waals surface area contributed by atoms with Gasteiger partial charge in [-0.2, -0.15) is 5.10 Å². The van der Waals surface area contributed by atoms with Crippen molar-refractivity contribution in [1.82, 2.24) is 14.6 Å². The number of hydrogen-bond acceptors (Lipinski definition) is 3. The molecule has 3 rings (SSSR count). The number of nitrogens with two attached hydrogens (primary N) is 1.